The van der Waals surface area contributed by atoms with E-state index in [1.807, 2.05) is 62.4 Å². The van der Waals surface area contributed by atoms with Gasteiger partial charge < -0.3 is 14.3 Å². The van der Waals surface area contributed by atoms with Crippen LogP contribution in [0.15, 0.2) is 52.9 Å². The molecule has 0 aliphatic rings. The lowest BCUT2D eigenvalue weighted by Gasteiger charge is -2.12. The Morgan fingerprint density at radius 1 is 1.10 bits per heavy atom. The molecular formula is C18H18O3. The van der Waals surface area contributed by atoms with Crippen molar-refractivity contribution in [1.29, 1.82) is 0 Å². The minimum Gasteiger partial charge on any atom is -0.494 e. The topological polar surface area (TPSA) is 42.6 Å². The largest absolute Gasteiger partial charge is 0.494 e. The standard InChI is InChI=1S/C18H18O3/c1-3-20-14-10-8-13(9-11-14)18(19)17-12(2)21-16-7-5-4-6-15(16)17/h4-11,18-19H,3H2,1-2H3. The summed E-state index contributed by atoms with van der Waals surface area (Å²) in [5.41, 5.74) is 2.46. The second kappa shape index (κ2) is 5.62. The third-order valence-corrected chi connectivity index (χ3v) is 3.60. The smallest absolute Gasteiger partial charge is 0.134 e. The number of aryl methyl sites for hydroxylation is 1. The van der Waals surface area contributed by atoms with E-state index >= 15 is 0 Å². The van der Waals surface area contributed by atoms with Crippen molar-refractivity contribution in [3.63, 3.8) is 0 Å². The van der Waals surface area contributed by atoms with Crippen molar-refractivity contribution in [2.75, 3.05) is 6.61 Å². The van der Waals surface area contributed by atoms with Crippen molar-refractivity contribution in [3.05, 3.63) is 65.4 Å². The van der Waals surface area contributed by atoms with Crippen LogP contribution in [0.25, 0.3) is 11.0 Å². The summed E-state index contributed by atoms with van der Waals surface area (Å²) in [6.45, 7) is 4.46. The first-order chi connectivity index (χ1) is 10.2. The van der Waals surface area contributed by atoms with Gasteiger partial charge in [-0.2, -0.15) is 0 Å². The van der Waals surface area contributed by atoms with Gasteiger partial charge in [-0.15, -0.1) is 0 Å². The molecule has 3 rings (SSSR count). The van der Waals surface area contributed by atoms with Crippen LogP contribution in [0.3, 0.4) is 0 Å². The minimum absolute atomic E-state index is 0.632. The first-order valence-corrected chi connectivity index (χ1v) is 7.09. The Morgan fingerprint density at radius 3 is 2.52 bits per heavy atom. The molecule has 0 bridgehead atoms. The van der Waals surface area contributed by atoms with E-state index in [-0.39, 0.29) is 0 Å². The molecule has 0 aliphatic carbocycles. The highest BCUT2D eigenvalue weighted by Crippen LogP contribution is 2.34. The summed E-state index contributed by atoms with van der Waals surface area (Å²) in [4.78, 5) is 0. The second-order valence-electron chi connectivity index (χ2n) is 4.97. The maximum Gasteiger partial charge on any atom is 0.134 e. The highest BCUT2D eigenvalue weighted by Gasteiger charge is 2.19. The van der Waals surface area contributed by atoms with Gasteiger partial charge in [0.1, 0.15) is 23.2 Å². The molecule has 1 aromatic heterocycles. The summed E-state index contributed by atoms with van der Waals surface area (Å²) in [6.07, 6.45) is -0.704. The molecule has 0 saturated heterocycles. The van der Waals surface area contributed by atoms with Crippen molar-refractivity contribution in [1.82, 2.24) is 0 Å². The fourth-order valence-electron chi connectivity index (χ4n) is 2.61. The van der Waals surface area contributed by atoms with Gasteiger partial charge in [0.15, 0.2) is 0 Å². The van der Waals surface area contributed by atoms with Crippen LogP contribution >= 0.6 is 0 Å². The zero-order valence-electron chi connectivity index (χ0n) is 12.2. The molecule has 0 saturated carbocycles. The first-order valence-electron chi connectivity index (χ1n) is 7.09. The maximum absolute atomic E-state index is 10.7. The Kier molecular flexibility index (Phi) is 3.67. The lowest BCUT2D eigenvalue weighted by Crippen LogP contribution is -2.01. The van der Waals surface area contributed by atoms with E-state index in [2.05, 4.69) is 0 Å². The minimum atomic E-state index is -0.704. The van der Waals surface area contributed by atoms with Crippen LogP contribution < -0.4 is 4.74 Å². The monoisotopic (exact) mass is 282 g/mol. The van der Waals surface area contributed by atoms with E-state index in [4.69, 9.17) is 9.15 Å². The summed E-state index contributed by atoms with van der Waals surface area (Å²) in [5, 5.41) is 11.6. The summed E-state index contributed by atoms with van der Waals surface area (Å²) in [7, 11) is 0. The van der Waals surface area contributed by atoms with Gasteiger partial charge in [-0.3, -0.25) is 0 Å². The van der Waals surface area contributed by atoms with Crippen molar-refractivity contribution in [2.45, 2.75) is 20.0 Å². The van der Waals surface area contributed by atoms with Gasteiger partial charge in [-0.25, -0.2) is 0 Å². The Labute approximate surface area is 123 Å². The van der Waals surface area contributed by atoms with Crippen LogP contribution in [-0.4, -0.2) is 11.7 Å². The van der Waals surface area contributed by atoms with E-state index < -0.39 is 6.10 Å². The number of aliphatic hydroxyl groups excluding tert-OH is 1. The predicted octanol–water partition coefficient (Wildman–Crippen LogP) is 4.22. The van der Waals surface area contributed by atoms with Crippen LogP contribution in [0.4, 0.5) is 0 Å². The van der Waals surface area contributed by atoms with E-state index in [1.54, 1.807) is 0 Å². The lowest BCUT2D eigenvalue weighted by molar-refractivity contribution is 0.219. The van der Waals surface area contributed by atoms with Crippen molar-refractivity contribution in [3.8, 4) is 5.75 Å². The fourth-order valence-corrected chi connectivity index (χ4v) is 2.61. The number of benzene rings is 2. The molecule has 0 fully saturated rings. The third-order valence-electron chi connectivity index (χ3n) is 3.60. The molecule has 1 atom stereocenters. The molecule has 0 amide bonds. The van der Waals surface area contributed by atoms with Crippen LogP contribution in [0.2, 0.25) is 0 Å². The fraction of sp³-hybridized carbons (Fsp3) is 0.222. The van der Waals surface area contributed by atoms with Crippen LogP contribution in [-0.2, 0) is 0 Å². The van der Waals surface area contributed by atoms with E-state index in [9.17, 15) is 5.11 Å². The molecule has 3 aromatic rings. The molecule has 1 heterocycles. The summed E-state index contributed by atoms with van der Waals surface area (Å²) in [5.74, 6) is 1.56. The number of para-hydroxylation sites is 1. The second-order valence-corrected chi connectivity index (χ2v) is 4.97. The highest BCUT2D eigenvalue weighted by atomic mass is 16.5. The summed E-state index contributed by atoms with van der Waals surface area (Å²) in [6, 6.07) is 15.3. The molecule has 108 valence electrons. The van der Waals surface area contributed by atoms with Gasteiger partial charge >= 0.3 is 0 Å². The number of ether oxygens (including phenoxy) is 1. The average molecular weight is 282 g/mol. The normalized spacial score (nSPS) is 12.5. The highest BCUT2D eigenvalue weighted by molar-refractivity contribution is 5.83. The molecular weight excluding hydrogens is 264 g/mol. The molecule has 1 N–H and O–H groups in total. The van der Waals surface area contributed by atoms with E-state index in [0.29, 0.717) is 6.61 Å². The van der Waals surface area contributed by atoms with Gasteiger partial charge in [0, 0.05) is 10.9 Å². The molecule has 0 spiro atoms. The summed E-state index contributed by atoms with van der Waals surface area (Å²) < 4.78 is 11.1. The third kappa shape index (κ3) is 2.52. The van der Waals surface area contributed by atoms with Crippen molar-refractivity contribution >= 4 is 11.0 Å². The number of furan rings is 1. The van der Waals surface area contributed by atoms with Crippen molar-refractivity contribution < 1.29 is 14.3 Å². The number of fused-ring (bicyclic) bond motifs is 1. The summed E-state index contributed by atoms with van der Waals surface area (Å²) >= 11 is 0. The molecule has 3 nitrogen and oxygen atoms in total. The molecule has 0 radical (unpaired) electrons. The molecule has 21 heavy (non-hydrogen) atoms. The van der Waals surface area contributed by atoms with Crippen LogP contribution in [0.1, 0.15) is 29.9 Å². The maximum atomic E-state index is 10.7. The lowest BCUT2D eigenvalue weighted by atomic mass is 9.99. The number of hydrogen-bond acceptors (Lipinski definition) is 3. The van der Waals surface area contributed by atoms with Crippen molar-refractivity contribution in [2.24, 2.45) is 0 Å². The van der Waals surface area contributed by atoms with Gasteiger partial charge in [0.05, 0.1) is 6.61 Å². The van der Waals surface area contributed by atoms with Crippen LogP contribution in [0, 0.1) is 6.92 Å². The van der Waals surface area contributed by atoms with Crippen LogP contribution in [0.5, 0.6) is 5.75 Å². The van der Waals surface area contributed by atoms with Gasteiger partial charge in [-0.1, -0.05) is 30.3 Å². The first kappa shape index (κ1) is 13.7. The SMILES string of the molecule is CCOc1ccc(C(O)c2c(C)oc3ccccc23)cc1. The number of rotatable bonds is 4. The molecule has 1 unspecified atom stereocenters. The van der Waals surface area contributed by atoms with Gasteiger partial charge in [0.25, 0.3) is 0 Å². The Morgan fingerprint density at radius 2 is 1.81 bits per heavy atom. The van der Waals surface area contributed by atoms with E-state index in [1.165, 1.54) is 0 Å². The molecule has 0 aliphatic heterocycles. The number of aliphatic hydroxyl groups is 1. The number of hydrogen-bond donors (Lipinski definition) is 1. The zero-order valence-corrected chi connectivity index (χ0v) is 12.2. The molecule has 2 aromatic carbocycles. The van der Waals surface area contributed by atoms with E-state index in [0.717, 1.165) is 33.6 Å². The Hall–Kier alpha value is -2.26. The quantitative estimate of drug-likeness (QED) is 0.779. The zero-order chi connectivity index (χ0) is 14.8. The Balaban J connectivity index is 2.00. The Bertz CT molecular complexity index is 741. The average Bonchev–Trinajstić information content (AvgIpc) is 2.83. The van der Waals surface area contributed by atoms with Gasteiger partial charge in [-0.05, 0) is 37.6 Å². The predicted molar refractivity (Wildman–Crippen MR) is 82.6 cm³/mol. The van der Waals surface area contributed by atoms with Gasteiger partial charge in [0.2, 0.25) is 0 Å². The molecule has 3 heteroatoms.